The largest absolute Gasteiger partial charge is 0.490 e. The maximum Gasteiger partial charge on any atom is 0.490 e. The first kappa shape index (κ1) is 17.5. The summed E-state index contributed by atoms with van der Waals surface area (Å²) in [7, 11) is 2.06. The van der Waals surface area contributed by atoms with Gasteiger partial charge in [0.15, 0.2) is 0 Å². The van der Waals surface area contributed by atoms with E-state index in [-0.39, 0.29) is 18.3 Å². The van der Waals surface area contributed by atoms with Gasteiger partial charge < -0.3 is 14.2 Å². The van der Waals surface area contributed by atoms with Crippen LogP contribution < -0.4 is 0 Å². The van der Waals surface area contributed by atoms with E-state index in [9.17, 15) is 0 Å². The molecule has 1 aliphatic carbocycles. The number of rotatable bonds is 2. The maximum atomic E-state index is 6.22. The van der Waals surface area contributed by atoms with Gasteiger partial charge in [0.2, 0.25) is 0 Å². The third kappa shape index (κ3) is 3.26. The highest BCUT2D eigenvalue weighted by molar-refractivity contribution is 6.54. The molecule has 1 atom stereocenters. The van der Waals surface area contributed by atoms with Gasteiger partial charge in [-0.2, -0.15) is 0 Å². The first-order valence-corrected chi connectivity index (χ1v) is 9.11. The summed E-state index contributed by atoms with van der Waals surface area (Å²) in [5, 5.41) is 0. The fraction of sp³-hybridized carbons (Fsp3) is 0.889. The molecular weight excluding hydrogens is 287 g/mol. The summed E-state index contributed by atoms with van der Waals surface area (Å²) >= 11 is 0. The normalized spacial score (nSPS) is 35.4. The molecule has 1 unspecified atom stereocenters. The Morgan fingerprint density at radius 3 is 2.00 bits per heavy atom. The number of nitrogens with zero attached hydrogens (tertiary/aromatic N) is 2. The second-order valence-corrected chi connectivity index (χ2v) is 8.86. The predicted molar refractivity (Wildman–Crippen MR) is 95.5 cm³/mol. The smallest absolute Gasteiger partial charge is 0.400 e. The van der Waals surface area contributed by atoms with Crippen molar-refractivity contribution in [2.24, 2.45) is 0 Å². The Labute approximate surface area is 142 Å². The molecular formula is C18H33BN2O2. The van der Waals surface area contributed by atoms with Crippen molar-refractivity contribution in [1.82, 2.24) is 9.80 Å². The Hall–Kier alpha value is -0.355. The van der Waals surface area contributed by atoms with E-state index >= 15 is 0 Å². The zero-order valence-corrected chi connectivity index (χ0v) is 15.8. The molecule has 2 heterocycles. The molecule has 0 N–H and O–H groups in total. The van der Waals surface area contributed by atoms with E-state index < -0.39 is 0 Å². The highest BCUT2D eigenvalue weighted by Crippen LogP contribution is 2.42. The van der Waals surface area contributed by atoms with Crippen LogP contribution in [0.2, 0.25) is 0 Å². The topological polar surface area (TPSA) is 24.9 Å². The Morgan fingerprint density at radius 2 is 1.52 bits per heavy atom. The fourth-order valence-corrected chi connectivity index (χ4v) is 3.81. The van der Waals surface area contributed by atoms with E-state index in [0.29, 0.717) is 5.54 Å². The van der Waals surface area contributed by atoms with E-state index in [4.69, 9.17) is 9.31 Å². The van der Waals surface area contributed by atoms with Crippen molar-refractivity contribution in [3.63, 3.8) is 0 Å². The van der Waals surface area contributed by atoms with Crippen molar-refractivity contribution >= 4 is 7.12 Å². The maximum absolute atomic E-state index is 6.22. The van der Waals surface area contributed by atoms with Gasteiger partial charge in [0.1, 0.15) is 0 Å². The Morgan fingerprint density at radius 1 is 0.957 bits per heavy atom. The van der Waals surface area contributed by atoms with Crippen LogP contribution in [-0.2, 0) is 9.31 Å². The number of allylic oxidation sites excluding steroid dienone is 1. The van der Waals surface area contributed by atoms with E-state index in [2.05, 4.69) is 57.5 Å². The molecule has 2 aliphatic heterocycles. The quantitative estimate of drug-likeness (QED) is 0.731. The zero-order valence-electron chi connectivity index (χ0n) is 15.8. The summed E-state index contributed by atoms with van der Waals surface area (Å²) in [5.41, 5.74) is 1.16. The molecule has 2 saturated heterocycles. The van der Waals surface area contributed by atoms with E-state index in [1.807, 2.05) is 0 Å². The van der Waals surface area contributed by atoms with Crippen LogP contribution >= 0.6 is 0 Å². The molecule has 0 radical (unpaired) electrons. The Bertz CT molecular complexity index is 467. The molecule has 23 heavy (non-hydrogen) atoms. The second-order valence-electron chi connectivity index (χ2n) is 8.86. The summed E-state index contributed by atoms with van der Waals surface area (Å²) in [5.74, 6) is 0. The molecule has 5 heteroatoms. The second kappa shape index (κ2) is 5.87. The third-order valence-corrected chi connectivity index (χ3v) is 6.58. The standard InChI is InChI=1S/C18H33BN2O2/c1-16(2)17(3,4)23-19(22-16)15-7-9-18(5,10-8-15)21-13-11-20(6)12-14-21/h7H,8-14H2,1-6H3. The minimum atomic E-state index is -0.239. The molecule has 0 aromatic carbocycles. The van der Waals surface area contributed by atoms with Gasteiger partial charge in [0.05, 0.1) is 11.2 Å². The van der Waals surface area contributed by atoms with Crippen LogP contribution in [0.25, 0.3) is 0 Å². The molecule has 3 aliphatic rings. The van der Waals surface area contributed by atoms with Crippen molar-refractivity contribution in [3.05, 3.63) is 11.5 Å². The molecule has 2 fully saturated rings. The summed E-state index contributed by atoms with van der Waals surface area (Å²) in [6.07, 6.45) is 5.78. The molecule has 0 amide bonds. The Kier molecular flexibility index (Phi) is 4.46. The molecule has 0 spiro atoms. The summed E-state index contributed by atoms with van der Waals surface area (Å²) in [4.78, 5) is 5.11. The highest BCUT2D eigenvalue weighted by Gasteiger charge is 2.53. The van der Waals surface area contributed by atoms with Gasteiger partial charge >= 0.3 is 7.12 Å². The van der Waals surface area contributed by atoms with E-state index in [1.54, 1.807) is 0 Å². The lowest BCUT2D eigenvalue weighted by molar-refractivity contribution is 0.00578. The van der Waals surface area contributed by atoms with Gasteiger partial charge in [0, 0.05) is 31.7 Å². The van der Waals surface area contributed by atoms with Crippen LogP contribution in [-0.4, -0.2) is 66.9 Å². The van der Waals surface area contributed by atoms with Crippen molar-refractivity contribution in [2.75, 3.05) is 33.2 Å². The van der Waals surface area contributed by atoms with Crippen LogP contribution in [0.1, 0.15) is 53.9 Å². The minimum Gasteiger partial charge on any atom is -0.400 e. The van der Waals surface area contributed by atoms with E-state index in [0.717, 1.165) is 12.8 Å². The first-order valence-electron chi connectivity index (χ1n) is 9.11. The van der Waals surface area contributed by atoms with Gasteiger partial charge in [-0.15, -0.1) is 0 Å². The third-order valence-electron chi connectivity index (χ3n) is 6.58. The van der Waals surface area contributed by atoms with Crippen molar-refractivity contribution in [3.8, 4) is 0 Å². The van der Waals surface area contributed by atoms with Crippen LogP contribution in [0.4, 0.5) is 0 Å². The Balaban J connectivity index is 1.65. The van der Waals surface area contributed by atoms with Gasteiger partial charge in [-0.1, -0.05) is 6.08 Å². The lowest BCUT2D eigenvalue weighted by Crippen LogP contribution is -2.55. The number of hydrogen-bond donors (Lipinski definition) is 0. The van der Waals surface area contributed by atoms with Crippen LogP contribution in [0.3, 0.4) is 0 Å². The zero-order chi connectivity index (χ0) is 16.9. The molecule has 3 rings (SSSR count). The van der Waals surface area contributed by atoms with Crippen LogP contribution in [0, 0.1) is 0 Å². The first-order chi connectivity index (χ1) is 10.6. The molecule has 0 aromatic heterocycles. The van der Waals surface area contributed by atoms with Crippen LogP contribution in [0.15, 0.2) is 11.5 Å². The molecule has 4 nitrogen and oxygen atoms in total. The van der Waals surface area contributed by atoms with Crippen molar-refractivity contribution < 1.29 is 9.31 Å². The highest BCUT2D eigenvalue weighted by atomic mass is 16.7. The molecule has 0 aromatic rings. The number of piperazine rings is 1. The van der Waals surface area contributed by atoms with Gasteiger partial charge in [0.25, 0.3) is 0 Å². The van der Waals surface area contributed by atoms with Gasteiger partial charge in [-0.25, -0.2) is 0 Å². The van der Waals surface area contributed by atoms with Crippen molar-refractivity contribution in [2.45, 2.75) is 70.6 Å². The lowest BCUT2D eigenvalue weighted by atomic mass is 9.68. The van der Waals surface area contributed by atoms with Gasteiger partial charge in [-0.05, 0) is 66.4 Å². The number of hydrogen-bond acceptors (Lipinski definition) is 4. The van der Waals surface area contributed by atoms with E-state index in [1.165, 1.54) is 38.1 Å². The summed E-state index contributed by atoms with van der Waals surface area (Å²) in [6.45, 7) is 15.7. The predicted octanol–water partition coefficient (Wildman–Crippen LogP) is 2.73. The lowest BCUT2D eigenvalue weighted by Gasteiger charge is -2.47. The summed E-state index contributed by atoms with van der Waals surface area (Å²) < 4.78 is 12.4. The molecule has 130 valence electrons. The average molecular weight is 320 g/mol. The van der Waals surface area contributed by atoms with Crippen molar-refractivity contribution in [1.29, 1.82) is 0 Å². The minimum absolute atomic E-state index is 0.156. The molecule has 0 bridgehead atoms. The van der Waals surface area contributed by atoms with Crippen LogP contribution in [0.5, 0.6) is 0 Å². The fourth-order valence-electron chi connectivity index (χ4n) is 3.81. The van der Waals surface area contributed by atoms with Gasteiger partial charge in [-0.3, -0.25) is 4.90 Å². The monoisotopic (exact) mass is 320 g/mol. The SMILES string of the molecule is CN1CCN(C2(C)CC=C(B3OC(C)(C)C(C)(C)O3)CC2)CC1. The average Bonchev–Trinajstić information content (AvgIpc) is 2.68. The molecule has 0 saturated carbocycles. The summed E-state index contributed by atoms with van der Waals surface area (Å²) in [6, 6.07) is 0. The number of likely N-dealkylation sites (N-methyl/N-ethyl adjacent to an activating group) is 1.